The highest BCUT2D eigenvalue weighted by atomic mass is 16.5. The van der Waals surface area contributed by atoms with Gasteiger partial charge in [0.25, 0.3) is 5.91 Å². The summed E-state index contributed by atoms with van der Waals surface area (Å²) in [5.41, 5.74) is 1.34. The molecule has 40 heavy (non-hydrogen) atoms. The van der Waals surface area contributed by atoms with Crippen LogP contribution in [0.2, 0.25) is 0 Å². The van der Waals surface area contributed by atoms with Crippen molar-refractivity contribution in [2.75, 3.05) is 39.9 Å². The predicted octanol–water partition coefficient (Wildman–Crippen LogP) is 2.94. The van der Waals surface area contributed by atoms with Crippen LogP contribution in [-0.4, -0.2) is 81.1 Å². The lowest BCUT2D eigenvalue weighted by Gasteiger charge is -2.61. The summed E-state index contributed by atoms with van der Waals surface area (Å²) in [6.07, 6.45) is 2.31. The minimum Gasteiger partial charge on any atom is -0.493 e. The van der Waals surface area contributed by atoms with Crippen LogP contribution in [0, 0.1) is 11.3 Å². The number of nitrogens with zero attached hydrogens (tertiary/aromatic N) is 2. The number of hydrogen-bond acceptors (Lipinski definition) is 8. The van der Waals surface area contributed by atoms with Gasteiger partial charge in [-0.3, -0.25) is 14.5 Å². The summed E-state index contributed by atoms with van der Waals surface area (Å²) in [4.78, 5) is 32.6. The smallest absolute Gasteiger partial charge is 0.316 e. The Bertz CT molecular complexity index is 1450. The van der Waals surface area contributed by atoms with Crippen molar-refractivity contribution in [2.45, 2.75) is 49.4 Å². The monoisotopic (exact) mass is 546 g/mol. The van der Waals surface area contributed by atoms with Crippen LogP contribution in [0.4, 0.5) is 5.69 Å². The highest BCUT2D eigenvalue weighted by Crippen LogP contribution is 2.73. The highest BCUT2D eigenvalue weighted by molar-refractivity contribution is 6.09. The van der Waals surface area contributed by atoms with E-state index in [9.17, 15) is 14.7 Å². The summed E-state index contributed by atoms with van der Waals surface area (Å²) in [7, 11) is 5.98. The number of para-hydroxylation sites is 1. The van der Waals surface area contributed by atoms with Gasteiger partial charge in [-0.2, -0.15) is 0 Å². The number of anilines is 1. The second kappa shape index (κ2) is 8.47. The van der Waals surface area contributed by atoms with E-state index in [1.807, 2.05) is 36.1 Å². The maximum atomic E-state index is 14.6. The number of ether oxygens (including phenoxy) is 4. The van der Waals surface area contributed by atoms with Crippen LogP contribution in [0.15, 0.2) is 48.0 Å². The standard InChI is InChI=1S/C31H34N2O7/c1-6-16-15-32-21-13-19(16)31(29(36)40-5)24(32)14-30(28(31)35)18-9-7-8-10-20(18)33(26(21)30)27(34)17-11-22(37-2)25(39-4)23(12-17)38-3/h6-12,19,21,24,26,28,35H,13-15H2,1-5H3/b16-6-/t19-,21-,24-,26+,28-,30+,31?/m0/s1. The number of esters is 1. The molecule has 5 heterocycles. The Morgan fingerprint density at radius 3 is 2.38 bits per heavy atom. The maximum absolute atomic E-state index is 14.6. The number of aliphatic hydroxyl groups excluding tert-OH is 1. The summed E-state index contributed by atoms with van der Waals surface area (Å²) in [6, 6.07) is 10.6. The first-order valence-electron chi connectivity index (χ1n) is 13.7. The average Bonchev–Trinajstić information content (AvgIpc) is 3.42. The van der Waals surface area contributed by atoms with Gasteiger partial charge >= 0.3 is 5.97 Å². The van der Waals surface area contributed by atoms with Gasteiger partial charge in [0.15, 0.2) is 11.5 Å². The fourth-order valence-corrected chi connectivity index (χ4v) is 9.25. The van der Waals surface area contributed by atoms with E-state index in [0.29, 0.717) is 35.7 Å². The zero-order valence-electron chi connectivity index (χ0n) is 23.3. The molecule has 1 aliphatic carbocycles. The van der Waals surface area contributed by atoms with Crippen LogP contribution >= 0.6 is 0 Å². The van der Waals surface area contributed by atoms with Gasteiger partial charge in [0.1, 0.15) is 5.41 Å². The number of carbonyl (C=O) groups excluding carboxylic acids is 2. The number of amides is 1. The van der Waals surface area contributed by atoms with Gasteiger partial charge in [-0.05, 0) is 43.5 Å². The molecule has 5 aliphatic heterocycles. The van der Waals surface area contributed by atoms with E-state index in [2.05, 4.69) is 11.0 Å². The molecule has 6 aliphatic rings. The molecule has 8 rings (SSSR count). The third-order valence-corrected chi connectivity index (χ3v) is 10.6. The molecule has 1 N–H and O–H groups in total. The average molecular weight is 547 g/mol. The van der Waals surface area contributed by atoms with Crippen molar-refractivity contribution < 1.29 is 33.6 Å². The first-order valence-corrected chi connectivity index (χ1v) is 13.7. The number of benzene rings is 2. The topological polar surface area (TPSA) is 97.8 Å². The molecule has 9 heteroatoms. The summed E-state index contributed by atoms with van der Waals surface area (Å²) in [5, 5.41) is 12.5. The Morgan fingerprint density at radius 2 is 1.75 bits per heavy atom. The van der Waals surface area contributed by atoms with E-state index in [1.54, 1.807) is 12.1 Å². The fourth-order valence-electron chi connectivity index (χ4n) is 9.25. The van der Waals surface area contributed by atoms with E-state index in [-0.39, 0.29) is 35.9 Å². The van der Waals surface area contributed by atoms with Crippen LogP contribution in [-0.2, 0) is 14.9 Å². The lowest BCUT2D eigenvalue weighted by molar-refractivity contribution is -0.179. The Kier molecular flexibility index (Phi) is 5.38. The number of allylic oxidation sites excluding steroid dienone is 1. The first kappa shape index (κ1) is 25.4. The van der Waals surface area contributed by atoms with Crippen LogP contribution in [0.1, 0.15) is 35.7 Å². The molecule has 9 nitrogen and oxygen atoms in total. The molecule has 210 valence electrons. The van der Waals surface area contributed by atoms with Crippen molar-refractivity contribution in [1.29, 1.82) is 0 Å². The molecule has 1 spiro atoms. The molecule has 1 saturated carbocycles. The molecule has 1 amide bonds. The predicted molar refractivity (Wildman–Crippen MR) is 146 cm³/mol. The summed E-state index contributed by atoms with van der Waals surface area (Å²) in [5.74, 6) is 0.473. The van der Waals surface area contributed by atoms with Crippen molar-refractivity contribution in [3.8, 4) is 17.2 Å². The molecule has 2 aromatic rings. The van der Waals surface area contributed by atoms with Crippen LogP contribution in [0.25, 0.3) is 0 Å². The number of aliphatic hydroxyl groups is 1. The number of methoxy groups -OCH3 is 4. The normalized spacial score (nSPS) is 36.9. The van der Waals surface area contributed by atoms with Crippen molar-refractivity contribution in [3.05, 3.63) is 59.2 Å². The molecule has 4 saturated heterocycles. The van der Waals surface area contributed by atoms with Crippen molar-refractivity contribution in [2.24, 2.45) is 11.3 Å². The number of piperidine rings is 4. The summed E-state index contributed by atoms with van der Waals surface area (Å²) < 4.78 is 22.1. The minimum atomic E-state index is -1.08. The van der Waals surface area contributed by atoms with Crippen LogP contribution in [0.5, 0.6) is 17.2 Å². The molecule has 2 unspecified atom stereocenters. The second-order valence-corrected chi connectivity index (χ2v) is 11.5. The molecule has 0 aromatic heterocycles. The van der Waals surface area contributed by atoms with E-state index < -0.39 is 16.9 Å². The first-order chi connectivity index (χ1) is 19.3. The quantitative estimate of drug-likeness (QED) is 0.452. The Morgan fingerprint density at radius 1 is 1.05 bits per heavy atom. The molecule has 2 aromatic carbocycles. The Hall–Kier alpha value is -3.56. The lowest BCUT2D eigenvalue weighted by atomic mass is 9.58. The van der Waals surface area contributed by atoms with E-state index in [1.165, 1.54) is 28.4 Å². The van der Waals surface area contributed by atoms with Gasteiger partial charge in [-0.15, -0.1) is 0 Å². The van der Waals surface area contributed by atoms with Crippen molar-refractivity contribution >= 4 is 17.6 Å². The Labute approximate surface area is 233 Å². The van der Waals surface area contributed by atoms with Crippen LogP contribution in [0.3, 0.4) is 0 Å². The lowest BCUT2D eigenvalue weighted by Crippen LogP contribution is -2.72. The van der Waals surface area contributed by atoms with Crippen LogP contribution < -0.4 is 19.1 Å². The van der Waals surface area contributed by atoms with E-state index in [0.717, 1.165) is 23.4 Å². The SMILES string of the molecule is C/C=C1/CN2[C@H]3C[C@@]45c6ccccc6N(C(=O)c6cc(OC)c(OC)c(OC)c6)[C@@H]4[C@@H]2C[C@@H]1C3(C(=O)OC)[C@H]5O. The molecule has 0 radical (unpaired) electrons. The molecule has 5 bridgehead atoms. The fraction of sp³-hybridized carbons (Fsp3) is 0.484. The van der Waals surface area contributed by atoms with Gasteiger partial charge in [0, 0.05) is 41.2 Å². The Balaban J connectivity index is 1.45. The van der Waals surface area contributed by atoms with Gasteiger partial charge in [0.2, 0.25) is 5.75 Å². The number of rotatable bonds is 5. The van der Waals surface area contributed by atoms with E-state index in [4.69, 9.17) is 18.9 Å². The molecular weight excluding hydrogens is 512 g/mol. The maximum Gasteiger partial charge on any atom is 0.316 e. The zero-order valence-corrected chi connectivity index (χ0v) is 23.3. The summed E-state index contributed by atoms with van der Waals surface area (Å²) >= 11 is 0. The van der Waals surface area contributed by atoms with Gasteiger partial charge in [-0.25, -0.2) is 0 Å². The molecule has 5 fully saturated rings. The number of carbonyl (C=O) groups is 2. The minimum absolute atomic E-state index is 0.0271. The third kappa shape index (κ3) is 2.65. The third-order valence-electron chi connectivity index (χ3n) is 10.6. The molecular formula is C31H34N2O7. The van der Waals surface area contributed by atoms with Crippen molar-refractivity contribution in [1.82, 2.24) is 4.90 Å². The largest absolute Gasteiger partial charge is 0.493 e. The van der Waals surface area contributed by atoms with Gasteiger partial charge in [-0.1, -0.05) is 29.8 Å². The van der Waals surface area contributed by atoms with Crippen molar-refractivity contribution in [3.63, 3.8) is 0 Å². The highest BCUT2D eigenvalue weighted by Gasteiger charge is 2.83. The van der Waals surface area contributed by atoms with E-state index >= 15 is 0 Å². The number of fused-ring (bicyclic) bond motifs is 2. The van der Waals surface area contributed by atoms with Gasteiger partial charge < -0.3 is 29.0 Å². The zero-order chi connectivity index (χ0) is 28.1. The number of hydrogen-bond donors (Lipinski definition) is 1. The van der Waals surface area contributed by atoms with Gasteiger partial charge in [0.05, 0.1) is 40.6 Å². The molecule has 8 atom stereocenters. The second-order valence-electron chi connectivity index (χ2n) is 11.5. The summed E-state index contributed by atoms with van der Waals surface area (Å²) in [6.45, 7) is 2.72.